The lowest BCUT2D eigenvalue weighted by Crippen LogP contribution is -2.23. The summed E-state index contributed by atoms with van der Waals surface area (Å²) in [6.45, 7) is 5.82. The van der Waals surface area contributed by atoms with Crippen LogP contribution in [0.25, 0.3) is 0 Å². The van der Waals surface area contributed by atoms with E-state index >= 15 is 0 Å². The number of hydrogen-bond acceptors (Lipinski definition) is 2. The van der Waals surface area contributed by atoms with Crippen molar-refractivity contribution in [3.8, 4) is 0 Å². The van der Waals surface area contributed by atoms with E-state index in [2.05, 4.69) is 62.4 Å². The molecule has 0 heterocycles. The third-order valence-corrected chi connectivity index (χ3v) is 5.05. The van der Waals surface area contributed by atoms with Crippen molar-refractivity contribution in [1.29, 1.82) is 0 Å². The molecule has 0 bridgehead atoms. The SMILES string of the molecule is CC1CCC(CCNC(C)c2ccc(N(C)C)cc2)CC1. The smallest absolute Gasteiger partial charge is 0.0361 e. The van der Waals surface area contributed by atoms with Crippen LogP contribution >= 0.6 is 0 Å². The van der Waals surface area contributed by atoms with Crippen molar-refractivity contribution < 1.29 is 0 Å². The van der Waals surface area contributed by atoms with Crippen LogP contribution in [0.4, 0.5) is 5.69 Å². The first-order valence-electron chi connectivity index (χ1n) is 8.57. The van der Waals surface area contributed by atoms with Crippen LogP contribution < -0.4 is 10.2 Å². The fourth-order valence-electron chi connectivity index (χ4n) is 3.30. The lowest BCUT2D eigenvalue weighted by molar-refractivity contribution is 0.273. The minimum atomic E-state index is 0.448. The van der Waals surface area contributed by atoms with Crippen LogP contribution in [0, 0.1) is 11.8 Å². The monoisotopic (exact) mass is 288 g/mol. The minimum Gasteiger partial charge on any atom is -0.378 e. The molecule has 0 aliphatic heterocycles. The summed E-state index contributed by atoms with van der Waals surface area (Å²) >= 11 is 0. The zero-order valence-electron chi connectivity index (χ0n) is 14.2. The highest BCUT2D eigenvalue weighted by Crippen LogP contribution is 2.30. The highest BCUT2D eigenvalue weighted by Gasteiger charge is 2.17. The minimum absolute atomic E-state index is 0.448. The summed E-state index contributed by atoms with van der Waals surface area (Å²) in [4.78, 5) is 2.14. The molecule has 1 aromatic carbocycles. The quantitative estimate of drug-likeness (QED) is 0.821. The van der Waals surface area contributed by atoms with Crippen molar-refractivity contribution >= 4 is 5.69 Å². The number of hydrogen-bond donors (Lipinski definition) is 1. The molecule has 1 aliphatic rings. The maximum Gasteiger partial charge on any atom is 0.0361 e. The first-order chi connectivity index (χ1) is 10.1. The number of benzene rings is 1. The van der Waals surface area contributed by atoms with Crippen LogP contribution in [0.2, 0.25) is 0 Å². The van der Waals surface area contributed by atoms with Gasteiger partial charge in [-0.3, -0.25) is 0 Å². The third-order valence-electron chi connectivity index (χ3n) is 5.05. The highest BCUT2D eigenvalue weighted by atomic mass is 15.1. The molecule has 0 saturated heterocycles. The number of rotatable bonds is 6. The van der Waals surface area contributed by atoms with Gasteiger partial charge in [-0.2, -0.15) is 0 Å². The molecule has 2 heteroatoms. The Morgan fingerprint density at radius 3 is 2.29 bits per heavy atom. The first-order valence-corrected chi connectivity index (χ1v) is 8.57. The first kappa shape index (κ1) is 16.4. The van der Waals surface area contributed by atoms with Crippen LogP contribution in [0.3, 0.4) is 0 Å². The van der Waals surface area contributed by atoms with E-state index in [0.717, 1.165) is 18.4 Å². The van der Waals surface area contributed by atoms with Gasteiger partial charge in [0.1, 0.15) is 0 Å². The maximum atomic E-state index is 3.69. The Balaban J connectivity index is 1.72. The fraction of sp³-hybridized carbons (Fsp3) is 0.684. The van der Waals surface area contributed by atoms with E-state index < -0.39 is 0 Å². The summed E-state index contributed by atoms with van der Waals surface area (Å²) in [6.07, 6.45) is 7.09. The molecule has 1 aliphatic carbocycles. The summed E-state index contributed by atoms with van der Waals surface area (Å²) in [7, 11) is 4.17. The normalized spacial score (nSPS) is 23.8. The van der Waals surface area contributed by atoms with Gasteiger partial charge in [-0.05, 0) is 49.4 Å². The van der Waals surface area contributed by atoms with Gasteiger partial charge in [0.2, 0.25) is 0 Å². The van der Waals surface area contributed by atoms with Gasteiger partial charge in [0, 0.05) is 25.8 Å². The molecule has 2 rings (SSSR count). The van der Waals surface area contributed by atoms with E-state index in [4.69, 9.17) is 0 Å². The van der Waals surface area contributed by atoms with Crippen molar-refractivity contribution in [3.63, 3.8) is 0 Å². The Labute approximate surface area is 130 Å². The van der Waals surface area contributed by atoms with Crippen molar-refractivity contribution in [3.05, 3.63) is 29.8 Å². The molecule has 1 N–H and O–H groups in total. The lowest BCUT2D eigenvalue weighted by Gasteiger charge is -2.26. The molecule has 2 nitrogen and oxygen atoms in total. The standard InChI is InChI=1S/C19H32N2/c1-15-5-7-17(8-6-15)13-14-20-16(2)18-9-11-19(12-10-18)21(3)4/h9-12,15-17,20H,5-8,13-14H2,1-4H3. The second-order valence-corrected chi connectivity index (χ2v) is 7.08. The number of anilines is 1. The zero-order chi connectivity index (χ0) is 15.2. The summed E-state index contributed by atoms with van der Waals surface area (Å²) < 4.78 is 0. The van der Waals surface area contributed by atoms with Crippen LogP contribution in [-0.4, -0.2) is 20.6 Å². The van der Waals surface area contributed by atoms with Gasteiger partial charge in [-0.1, -0.05) is 44.7 Å². The van der Waals surface area contributed by atoms with Crippen molar-refractivity contribution in [2.45, 2.75) is 52.0 Å². The van der Waals surface area contributed by atoms with Gasteiger partial charge in [0.25, 0.3) is 0 Å². The van der Waals surface area contributed by atoms with Crippen LogP contribution in [0.15, 0.2) is 24.3 Å². The lowest BCUT2D eigenvalue weighted by atomic mass is 9.81. The summed E-state index contributed by atoms with van der Waals surface area (Å²) in [5.41, 5.74) is 2.65. The highest BCUT2D eigenvalue weighted by molar-refractivity contribution is 5.46. The molecule has 1 unspecified atom stereocenters. The van der Waals surface area contributed by atoms with Crippen LogP contribution in [0.5, 0.6) is 0 Å². The van der Waals surface area contributed by atoms with E-state index in [-0.39, 0.29) is 0 Å². The Hall–Kier alpha value is -1.02. The van der Waals surface area contributed by atoms with E-state index in [1.165, 1.54) is 43.4 Å². The van der Waals surface area contributed by atoms with Gasteiger partial charge in [-0.15, -0.1) is 0 Å². The molecule has 118 valence electrons. The average Bonchev–Trinajstić information content (AvgIpc) is 2.49. The topological polar surface area (TPSA) is 15.3 Å². The Kier molecular flexibility index (Phi) is 6.10. The average molecular weight is 288 g/mol. The zero-order valence-corrected chi connectivity index (χ0v) is 14.2. The maximum absolute atomic E-state index is 3.69. The Bertz CT molecular complexity index is 402. The van der Waals surface area contributed by atoms with Crippen LogP contribution in [0.1, 0.15) is 57.6 Å². The second-order valence-electron chi connectivity index (χ2n) is 7.08. The van der Waals surface area contributed by atoms with Crippen molar-refractivity contribution in [2.24, 2.45) is 11.8 Å². The van der Waals surface area contributed by atoms with Gasteiger partial charge in [0.05, 0.1) is 0 Å². The summed E-state index contributed by atoms with van der Waals surface area (Å²) in [5.74, 6) is 1.92. The molecule has 0 amide bonds. The molecule has 21 heavy (non-hydrogen) atoms. The third kappa shape index (κ3) is 5.03. The molecule has 1 saturated carbocycles. The van der Waals surface area contributed by atoms with E-state index in [1.807, 2.05) is 0 Å². The molecular formula is C19H32N2. The second kappa shape index (κ2) is 7.84. The molecule has 1 fully saturated rings. The van der Waals surface area contributed by atoms with E-state index in [1.54, 1.807) is 0 Å². The van der Waals surface area contributed by atoms with Crippen molar-refractivity contribution in [1.82, 2.24) is 5.32 Å². The predicted octanol–water partition coefficient (Wildman–Crippen LogP) is 4.62. The van der Waals surface area contributed by atoms with Gasteiger partial charge >= 0.3 is 0 Å². The van der Waals surface area contributed by atoms with Gasteiger partial charge in [0.15, 0.2) is 0 Å². The summed E-state index contributed by atoms with van der Waals surface area (Å²) in [6, 6.07) is 9.35. The molecule has 0 aromatic heterocycles. The fourth-order valence-corrected chi connectivity index (χ4v) is 3.30. The van der Waals surface area contributed by atoms with Gasteiger partial charge < -0.3 is 10.2 Å². The molecule has 1 aromatic rings. The summed E-state index contributed by atoms with van der Waals surface area (Å²) in [5, 5.41) is 3.69. The number of nitrogens with one attached hydrogen (secondary N) is 1. The molecule has 1 atom stereocenters. The molecule has 0 radical (unpaired) electrons. The van der Waals surface area contributed by atoms with E-state index in [9.17, 15) is 0 Å². The Morgan fingerprint density at radius 1 is 1.10 bits per heavy atom. The Morgan fingerprint density at radius 2 is 1.71 bits per heavy atom. The largest absolute Gasteiger partial charge is 0.378 e. The van der Waals surface area contributed by atoms with Gasteiger partial charge in [-0.25, -0.2) is 0 Å². The van der Waals surface area contributed by atoms with Crippen molar-refractivity contribution in [2.75, 3.05) is 25.5 Å². The number of nitrogens with zero attached hydrogens (tertiary/aromatic N) is 1. The molecule has 0 spiro atoms. The van der Waals surface area contributed by atoms with E-state index in [0.29, 0.717) is 6.04 Å². The molecular weight excluding hydrogens is 256 g/mol. The van der Waals surface area contributed by atoms with Crippen LogP contribution in [-0.2, 0) is 0 Å². The predicted molar refractivity (Wildman–Crippen MR) is 92.9 cm³/mol.